The third-order valence-electron chi connectivity index (χ3n) is 0. The van der Waals surface area contributed by atoms with Crippen LogP contribution in [0.4, 0.5) is 0 Å². The molecule has 29 valence electrons. The first kappa shape index (κ1) is 30.6. The van der Waals surface area contributed by atoms with E-state index < -0.39 is 0 Å². The Labute approximate surface area is 150 Å². The van der Waals surface area contributed by atoms with Gasteiger partial charge in [0.15, 0.2) is 0 Å². The van der Waals surface area contributed by atoms with Crippen molar-refractivity contribution in [2.45, 2.75) is 0 Å². The summed E-state index contributed by atoms with van der Waals surface area (Å²) in [7, 11) is 0. The average Bonchev–Trinajstić information content (AvgIpc) is 1.00. The molecular weight excluding hydrogens is 578 g/mol. The van der Waals surface area contributed by atoms with E-state index in [1.165, 1.54) is 0 Å². The third-order valence-corrected chi connectivity index (χ3v) is 0. The van der Waals surface area contributed by atoms with Crippen molar-refractivity contribution >= 4 is 0 Å². The predicted octanol–water partition coefficient (Wildman–Crippen LogP) is -0.126. The van der Waals surface area contributed by atoms with E-state index in [1.54, 1.807) is 0 Å². The molecule has 0 aromatic rings. The summed E-state index contributed by atoms with van der Waals surface area (Å²) in [5.74, 6) is 0. The van der Waals surface area contributed by atoms with Gasteiger partial charge in [0.1, 0.15) is 0 Å². The van der Waals surface area contributed by atoms with Gasteiger partial charge in [0, 0.05) is 114 Å². The van der Waals surface area contributed by atoms with Crippen molar-refractivity contribution < 1.29 is 155 Å². The maximum Gasteiger partial charge on any atom is 0 e. The molecular formula is CeLaORhYZr. The van der Waals surface area contributed by atoms with Gasteiger partial charge in [0.2, 0.25) is 0 Å². The smallest absolute Gasteiger partial charge is 0 e. The van der Waals surface area contributed by atoms with Crippen molar-refractivity contribution in [3.05, 3.63) is 0 Å². The molecule has 0 saturated heterocycles. The second-order valence-electron chi connectivity index (χ2n) is 0. The number of hydrogen-bond donors (Lipinski definition) is 0. The van der Waals surface area contributed by atoms with Crippen LogP contribution < -0.4 is 0 Å². The molecule has 0 aliphatic heterocycles. The molecule has 0 aromatic heterocycles. The van der Waals surface area contributed by atoms with Crippen molar-refractivity contribution in [1.29, 1.82) is 0 Å². The van der Waals surface area contributed by atoms with E-state index in [0.717, 1.165) is 0 Å². The Morgan fingerprint density at radius 1 is 1.17 bits per heavy atom. The maximum absolute atomic E-state index is 8.39. The molecule has 0 bridgehead atoms. The molecule has 0 unspecified atom stereocenters. The van der Waals surface area contributed by atoms with E-state index in [-0.39, 0.29) is 154 Å². The molecule has 3 radical (unpaired) electrons. The molecule has 0 spiro atoms. The summed E-state index contributed by atoms with van der Waals surface area (Å²) in [6, 6.07) is 0. The van der Waals surface area contributed by atoms with Crippen LogP contribution in [-0.2, 0) is 79.3 Å². The maximum atomic E-state index is 8.39. The third kappa shape index (κ3) is 23.1. The van der Waals surface area contributed by atoms with E-state index in [9.17, 15) is 0 Å². The van der Waals surface area contributed by atoms with Crippen molar-refractivity contribution in [1.82, 2.24) is 0 Å². The summed E-state index contributed by atoms with van der Waals surface area (Å²) < 4.78 is 8.39. The molecule has 1 nitrogen and oxygen atoms in total. The average molecular weight is 578 g/mol. The van der Waals surface area contributed by atoms with Crippen LogP contribution in [0, 0.1) is 75.4 Å². The summed E-state index contributed by atoms with van der Waals surface area (Å²) in [6.45, 7) is 0. The first-order valence-electron chi connectivity index (χ1n) is 0.204. The van der Waals surface area contributed by atoms with Crippen LogP contribution in [0.1, 0.15) is 0 Å². The summed E-state index contributed by atoms with van der Waals surface area (Å²) in [4.78, 5) is 0. The Morgan fingerprint density at radius 3 is 1.17 bits per heavy atom. The summed E-state index contributed by atoms with van der Waals surface area (Å²) in [5.41, 5.74) is 0. The minimum absolute atomic E-state index is 0. The molecule has 0 N–H and O–H groups in total. The zero-order valence-electron chi connectivity index (χ0n) is 2.90. The summed E-state index contributed by atoms with van der Waals surface area (Å²) >= 11 is 0.0556. The zero-order valence-corrected chi connectivity index (χ0v) is 16.6. The molecule has 0 saturated carbocycles. The van der Waals surface area contributed by atoms with E-state index in [4.69, 9.17) is 0.938 Å². The fourth-order valence-electron chi connectivity index (χ4n) is 0. The molecule has 0 aliphatic rings. The van der Waals surface area contributed by atoms with Crippen molar-refractivity contribution in [3.63, 3.8) is 0 Å². The largest absolute Gasteiger partial charge is 0 e. The minimum atomic E-state index is 0. The topological polar surface area (TPSA) is 17.1 Å². The van der Waals surface area contributed by atoms with Crippen LogP contribution in [0.25, 0.3) is 0 Å². The van der Waals surface area contributed by atoms with Gasteiger partial charge in [-0.15, -0.1) is 0 Å². The van der Waals surface area contributed by atoms with Gasteiger partial charge in [-0.05, 0) is 0 Å². The van der Waals surface area contributed by atoms with Crippen LogP contribution in [0.2, 0.25) is 0 Å². The Morgan fingerprint density at radius 2 is 1.17 bits per heavy atom. The second-order valence-corrected chi connectivity index (χ2v) is 0. The number of hydrogen-bond acceptors (Lipinski definition) is 1. The Balaban J connectivity index is -0.000000000833. The standard InChI is InChI=1S/Ce.La.O.Rh.Y.Zr. The Bertz CT molecular complexity index is 15.5. The normalized spacial score (nSPS) is 0.500. The molecule has 6 heavy (non-hydrogen) atoms. The van der Waals surface area contributed by atoms with Gasteiger partial charge in [-0.2, -0.15) is 0 Å². The fraction of sp³-hybridized carbons (Fsp3) is 0. The first-order chi connectivity index (χ1) is 1.00. The Kier molecular flexibility index (Phi) is 165. The second kappa shape index (κ2) is 32.4. The van der Waals surface area contributed by atoms with Gasteiger partial charge < -0.3 is 0 Å². The first-order valence-corrected chi connectivity index (χ1v) is 1.49. The van der Waals surface area contributed by atoms with E-state index >= 15 is 0 Å². The van der Waals surface area contributed by atoms with E-state index in [0.29, 0.717) is 0 Å². The SMILES string of the molecule is [La].[O]=[Ce].[Rh].[Y].[Zr]. The van der Waals surface area contributed by atoms with E-state index in [1.807, 2.05) is 0 Å². The van der Waals surface area contributed by atoms with Gasteiger partial charge in [-0.3, -0.25) is 0 Å². The van der Waals surface area contributed by atoms with Crippen LogP contribution in [-0.4, -0.2) is 0 Å². The molecule has 0 rings (SSSR count). The summed E-state index contributed by atoms with van der Waals surface area (Å²) in [5, 5.41) is 0. The van der Waals surface area contributed by atoms with Gasteiger partial charge in [0.05, 0.1) is 0 Å². The van der Waals surface area contributed by atoms with Crippen molar-refractivity contribution in [2.75, 3.05) is 0 Å². The molecule has 0 atom stereocenters. The molecule has 0 heterocycles. The molecule has 6 heteroatoms. The van der Waals surface area contributed by atoms with Crippen LogP contribution in [0.3, 0.4) is 0 Å². The van der Waals surface area contributed by atoms with Gasteiger partial charge >= 0.3 is 40.7 Å². The molecule has 0 amide bonds. The molecule has 0 fully saturated rings. The van der Waals surface area contributed by atoms with Crippen molar-refractivity contribution in [2.24, 2.45) is 0 Å². The minimum Gasteiger partial charge on any atom is 0 e. The van der Waals surface area contributed by atoms with Crippen LogP contribution in [0.15, 0.2) is 0 Å². The predicted molar refractivity (Wildman–Crippen MR) is 0.686 cm³/mol. The van der Waals surface area contributed by atoms with Gasteiger partial charge in [-0.1, -0.05) is 0 Å². The van der Waals surface area contributed by atoms with E-state index in [2.05, 4.69) is 0 Å². The monoisotopic (exact) mass is 577 g/mol. The fourth-order valence-corrected chi connectivity index (χ4v) is 0. The number of rotatable bonds is 0. The van der Waals surface area contributed by atoms with Gasteiger partial charge in [0.25, 0.3) is 0 Å². The molecule has 0 aromatic carbocycles. The van der Waals surface area contributed by atoms with Crippen molar-refractivity contribution in [3.8, 4) is 0 Å². The quantitative estimate of drug-likeness (QED) is 0.367. The molecule has 0 aliphatic carbocycles. The van der Waals surface area contributed by atoms with Crippen LogP contribution >= 0.6 is 0 Å². The Hall–Kier alpha value is 4.98. The van der Waals surface area contributed by atoms with Gasteiger partial charge in [-0.25, -0.2) is 0 Å². The van der Waals surface area contributed by atoms with Crippen LogP contribution in [0.5, 0.6) is 0 Å². The zero-order chi connectivity index (χ0) is 2.00. The summed E-state index contributed by atoms with van der Waals surface area (Å²) in [6.07, 6.45) is 0.